The first-order valence-electron chi connectivity index (χ1n) is 13.2. The van der Waals surface area contributed by atoms with Crippen LogP contribution in [0.2, 0.25) is 0 Å². The van der Waals surface area contributed by atoms with Gasteiger partial charge in [-0.1, -0.05) is 5.11 Å². The fraction of sp³-hybridized carbons (Fsp3) is 0.615. The zero-order valence-corrected chi connectivity index (χ0v) is 24.2. The summed E-state index contributed by atoms with van der Waals surface area (Å²) in [5.74, 6) is -11.2. The van der Waals surface area contributed by atoms with E-state index in [4.69, 9.17) is 38.7 Å². The summed E-state index contributed by atoms with van der Waals surface area (Å²) in [5.41, 5.74) is 5.34. The first-order valence-corrected chi connectivity index (χ1v) is 13.2. The first-order chi connectivity index (χ1) is 20.8. The molecule has 0 aromatic heterocycles. The van der Waals surface area contributed by atoms with Crippen molar-refractivity contribution < 1.29 is 69.9 Å². The molecule has 0 N–H and O–H groups in total. The van der Waals surface area contributed by atoms with Gasteiger partial charge in [0.25, 0.3) is 0 Å². The van der Waals surface area contributed by atoms with E-state index in [1.165, 1.54) is 0 Å². The predicted octanol–water partition coefficient (Wildman–Crippen LogP) is 3.74. The maximum Gasteiger partial charge on any atom is 0.303 e. The van der Waals surface area contributed by atoms with Gasteiger partial charge < -0.3 is 33.2 Å². The highest BCUT2D eigenvalue weighted by molar-refractivity contribution is 5.97. The summed E-state index contributed by atoms with van der Waals surface area (Å²) in [6.07, 6.45) is -6.10. The van der Waals surface area contributed by atoms with Gasteiger partial charge in [0, 0.05) is 38.7 Å². The lowest BCUT2D eigenvalue weighted by atomic mass is 9.99. The highest BCUT2D eigenvalue weighted by Crippen LogP contribution is 2.32. The molecule has 1 fully saturated rings. The number of nitrogens with zero attached hydrogens (tertiary/aromatic N) is 3. The molecule has 2 rings (SSSR count). The lowest BCUT2D eigenvalue weighted by molar-refractivity contribution is -0.302. The van der Waals surface area contributed by atoms with Crippen molar-refractivity contribution in [3.8, 4) is 0 Å². The quantitative estimate of drug-likeness (QED) is 0.0296. The molecular formula is C26H31F4N3O11. The first kappa shape index (κ1) is 36.4. The zero-order valence-electron chi connectivity index (χ0n) is 24.2. The number of halogens is 4. The van der Waals surface area contributed by atoms with E-state index in [-0.39, 0.29) is 39.5 Å². The van der Waals surface area contributed by atoms with E-state index in [9.17, 15) is 36.7 Å². The van der Waals surface area contributed by atoms with Crippen LogP contribution in [0.4, 0.5) is 23.2 Å². The molecule has 0 aliphatic carbocycles. The third kappa shape index (κ3) is 10.1. The van der Waals surface area contributed by atoms with Gasteiger partial charge in [-0.15, -0.1) is 0 Å². The largest absolute Gasteiger partial charge is 0.456 e. The fourth-order valence-electron chi connectivity index (χ4n) is 4.11. The number of esters is 3. The monoisotopic (exact) mass is 637 g/mol. The lowest BCUT2D eigenvalue weighted by Gasteiger charge is -2.43. The molecule has 5 atom stereocenters. The Labute approximate surface area is 248 Å². The van der Waals surface area contributed by atoms with Crippen LogP contribution in [0.25, 0.3) is 10.4 Å². The molecule has 18 heteroatoms. The van der Waals surface area contributed by atoms with Gasteiger partial charge in [0.1, 0.15) is 5.69 Å². The van der Waals surface area contributed by atoms with Crippen molar-refractivity contribution in [2.24, 2.45) is 5.11 Å². The third-order valence-electron chi connectivity index (χ3n) is 5.87. The van der Waals surface area contributed by atoms with Gasteiger partial charge in [-0.2, -0.15) is 0 Å². The van der Waals surface area contributed by atoms with Crippen LogP contribution in [0, 0.1) is 23.3 Å². The van der Waals surface area contributed by atoms with E-state index in [0.29, 0.717) is 0 Å². The normalized spacial score (nSPS) is 21.2. The molecule has 0 saturated carbocycles. The summed E-state index contributed by atoms with van der Waals surface area (Å²) in [6, 6.07) is 0. The maximum absolute atomic E-state index is 14.1. The smallest absolute Gasteiger partial charge is 0.303 e. The molecule has 1 saturated heterocycles. The summed E-state index contributed by atoms with van der Waals surface area (Å²) >= 11 is 0. The molecule has 1 aromatic rings. The molecule has 1 aliphatic heterocycles. The Balaban J connectivity index is 1.78. The number of Topliss-reactive ketones (excluding diaryl/α,β-unsaturated/α-hetero) is 1. The van der Waals surface area contributed by atoms with E-state index in [1.54, 1.807) is 6.92 Å². The van der Waals surface area contributed by atoms with Crippen LogP contribution in [0.5, 0.6) is 0 Å². The third-order valence-corrected chi connectivity index (χ3v) is 5.87. The minimum atomic E-state index is -1.98. The van der Waals surface area contributed by atoms with Crippen LogP contribution in [-0.4, -0.2) is 87.4 Å². The number of rotatable bonds is 16. The topological polar surface area (TPSA) is 182 Å². The predicted molar refractivity (Wildman–Crippen MR) is 137 cm³/mol. The Bertz CT molecular complexity index is 1230. The second-order valence-electron chi connectivity index (χ2n) is 9.22. The number of carbonyl (C=O) groups excluding carboxylic acids is 4. The molecule has 44 heavy (non-hydrogen) atoms. The van der Waals surface area contributed by atoms with Crippen molar-refractivity contribution in [3.63, 3.8) is 0 Å². The number of benzene rings is 1. The molecule has 1 aromatic carbocycles. The van der Waals surface area contributed by atoms with Gasteiger partial charge in [-0.3, -0.25) is 19.2 Å². The molecule has 1 aliphatic rings. The number of azide groups is 1. The molecule has 14 nitrogen and oxygen atoms in total. The van der Waals surface area contributed by atoms with Crippen molar-refractivity contribution in [1.29, 1.82) is 0 Å². The van der Waals surface area contributed by atoms with Crippen LogP contribution in [0.1, 0.15) is 50.9 Å². The summed E-state index contributed by atoms with van der Waals surface area (Å²) in [7, 11) is 0. The minimum Gasteiger partial charge on any atom is -0.456 e. The fourth-order valence-corrected chi connectivity index (χ4v) is 4.11. The number of hydrogen-bond acceptors (Lipinski definition) is 12. The Hall–Kier alpha value is -3.83. The van der Waals surface area contributed by atoms with Crippen LogP contribution in [-0.2, 0) is 47.5 Å². The second-order valence-corrected chi connectivity index (χ2v) is 9.22. The van der Waals surface area contributed by atoms with Gasteiger partial charge in [0.15, 0.2) is 53.7 Å². The summed E-state index contributed by atoms with van der Waals surface area (Å²) in [4.78, 5) is 49.2. The van der Waals surface area contributed by atoms with Crippen LogP contribution >= 0.6 is 0 Å². The average molecular weight is 638 g/mol. The van der Waals surface area contributed by atoms with Gasteiger partial charge >= 0.3 is 17.9 Å². The molecule has 0 amide bonds. The SMILES string of the molecule is CC(=O)OC1[C@H](OC(C)=O)C(OCCOCCOCCCC(=O)c2c(F)c(F)c(N=[N+]=[N-])c(F)c2F)O[C@H](C)[C@@H]1OC(C)=O. The molecule has 2 unspecified atom stereocenters. The number of carbonyl (C=O) groups is 4. The zero-order chi connectivity index (χ0) is 33.0. The van der Waals surface area contributed by atoms with Gasteiger partial charge in [0.05, 0.1) is 38.1 Å². The standard InChI is InChI=1S/C26H31F4N3O11/c1-12-23(42-13(2)34)24(43-14(3)35)25(44-15(4)36)26(41-12)40-11-10-39-9-8-38-7-5-6-16(37)17-18(27)20(29)22(32-33-31)21(30)19(17)28/h12,23-26H,5-11H2,1-4H3/t12-,23+,24?,25+,26?/m1/s1. The summed E-state index contributed by atoms with van der Waals surface area (Å²) in [6.45, 7) is 4.93. The average Bonchev–Trinajstić information content (AvgIpc) is 2.94. The van der Waals surface area contributed by atoms with Crippen molar-refractivity contribution in [1.82, 2.24) is 0 Å². The van der Waals surface area contributed by atoms with Crippen LogP contribution in [0.15, 0.2) is 5.11 Å². The summed E-state index contributed by atoms with van der Waals surface area (Å²) < 4.78 is 93.6. The van der Waals surface area contributed by atoms with Crippen molar-refractivity contribution >= 4 is 29.4 Å². The van der Waals surface area contributed by atoms with Crippen molar-refractivity contribution in [2.45, 2.75) is 71.2 Å². The van der Waals surface area contributed by atoms with E-state index in [1.807, 2.05) is 0 Å². The Morgan fingerprint density at radius 1 is 0.773 bits per heavy atom. The van der Waals surface area contributed by atoms with Gasteiger partial charge in [0.2, 0.25) is 0 Å². The number of ether oxygens (including phenoxy) is 7. The molecular weight excluding hydrogens is 606 g/mol. The van der Waals surface area contributed by atoms with E-state index in [2.05, 4.69) is 10.0 Å². The van der Waals surface area contributed by atoms with Crippen molar-refractivity contribution in [3.05, 3.63) is 39.3 Å². The molecule has 0 spiro atoms. The minimum absolute atomic E-state index is 0.00993. The molecule has 0 bridgehead atoms. The Morgan fingerprint density at radius 2 is 1.27 bits per heavy atom. The molecule has 1 heterocycles. The lowest BCUT2D eigenvalue weighted by Crippen LogP contribution is -2.61. The number of ketones is 1. The van der Waals surface area contributed by atoms with Gasteiger partial charge in [-0.05, 0) is 18.9 Å². The van der Waals surface area contributed by atoms with Crippen LogP contribution < -0.4 is 0 Å². The van der Waals surface area contributed by atoms with E-state index >= 15 is 0 Å². The summed E-state index contributed by atoms with van der Waals surface area (Å²) in [5, 5.41) is 2.56. The van der Waals surface area contributed by atoms with E-state index in [0.717, 1.165) is 20.8 Å². The number of hydrogen-bond donors (Lipinski definition) is 0. The van der Waals surface area contributed by atoms with Crippen molar-refractivity contribution in [2.75, 3.05) is 33.0 Å². The second kappa shape index (κ2) is 17.5. The van der Waals surface area contributed by atoms with Crippen LogP contribution in [0.3, 0.4) is 0 Å². The van der Waals surface area contributed by atoms with Gasteiger partial charge in [-0.25, -0.2) is 17.6 Å². The van der Waals surface area contributed by atoms with E-state index < -0.39 is 95.3 Å². The Morgan fingerprint density at radius 3 is 1.82 bits per heavy atom. The molecule has 0 radical (unpaired) electrons. The molecule has 244 valence electrons. The maximum atomic E-state index is 14.1. The highest BCUT2D eigenvalue weighted by atomic mass is 19.2. The highest BCUT2D eigenvalue weighted by Gasteiger charge is 2.50. The Kier molecular flexibility index (Phi) is 14.4.